The van der Waals surface area contributed by atoms with Crippen LogP contribution in [-0.2, 0) is 6.54 Å². The van der Waals surface area contributed by atoms with Gasteiger partial charge in [-0.15, -0.1) is 0 Å². The Kier molecular flexibility index (Phi) is 7.37. The summed E-state index contributed by atoms with van der Waals surface area (Å²) in [6.45, 7) is 0.397. The second-order valence-electron chi connectivity index (χ2n) is 7.16. The third-order valence-electron chi connectivity index (χ3n) is 4.70. The molecule has 0 saturated heterocycles. The summed E-state index contributed by atoms with van der Waals surface area (Å²) < 4.78 is 6.94. The van der Waals surface area contributed by atoms with E-state index in [1.54, 1.807) is 77.6 Å². The summed E-state index contributed by atoms with van der Waals surface area (Å²) in [7, 11) is 0. The number of benzene rings is 3. The summed E-state index contributed by atoms with van der Waals surface area (Å²) in [5, 5.41) is 9.28. The normalized spacial score (nSPS) is 10.9. The molecule has 1 N–H and O–H groups in total. The molecule has 3 aromatic carbocycles. The maximum Gasteiger partial charge on any atom is 0.343 e. The van der Waals surface area contributed by atoms with E-state index in [0.717, 1.165) is 5.56 Å². The number of hydrazone groups is 1. The molecule has 170 valence electrons. The van der Waals surface area contributed by atoms with E-state index in [1.807, 2.05) is 12.1 Å². The number of aromatic nitrogens is 2. The van der Waals surface area contributed by atoms with Gasteiger partial charge in [-0.05, 0) is 65.7 Å². The molecule has 4 aromatic rings. The first kappa shape index (κ1) is 23.2. The van der Waals surface area contributed by atoms with Crippen molar-refractivity contribution in [1.29, 1.82) is 0 Å². The number of hydrogen-bond donors (Lipinski definition) is 1. The highest BCUT2D eigenvalue weighted by Gasteiger charge is 2.10. The van der Waals surface area contributed by atoms with Crippen LogP contribution < -0.4 is 10.2 Å². The minimum Gasteiger partial charge on any atom is -0.423 e. The molecule has 0 atom stereocenters. The third-order valence-corrected chi connectivity index (χ3v) is 5.29. The summed E-state index contributed by atoms with van der Waals surface area (Å²) in [6, 6.07) is 22.3. The van der Waals surface area contributed by atoms with Gasteiger partial charge in [0.25, 0.3) is 5.91 Å². The molecule has 4 rings (SSSR count). The van der Waals surface area contributed by atoms with Crippen LogP contribution >= 0.6 is 23.2 Å². The van der Waals surface area contributed by atoms with E-state index in [4.69, 9.17) is 27.9 Å². The van der Waals surface area contributed by atoms with E-state index in [9.17, 15) is 9.59 Å². The summed E-state index contributed by atoms with van der Waals surface area (Å²) in [5.74, 6) is -0.487. The summed E-state index contributed by atoms with van der Waals surface area (Å²) >= 11 is 12.1. The molecule has 0 aliphatic rings. The molecule has 0 radical (unpaired) electrons. The van der Waals surface area contributed by atoms with Crippen molar-refractivity contribution in [1.82, 2.24) is 15.2 Å². The zero-order valence-corrected chi connectivity index (χ0v) is 19.2. The van der Waals surface area contributed by atoms with Gasteiger partial charge in [0, 0.05) is 16.2 Å². The number of carbonyl (C=O) groups excluding carboxylic acids is 2. The average molecular weight is 493 g/mol. The Balaban J connectivity index is 1.30. The van der Waals surface area contributed by atoms with Gasteiger partial charge < -0.3 is 4.74 Å². The monoisotopic (exact) mass is 492 g/mol. The second kappa shape index (κ2) is 10.8. The highest BCUT2D eigenvalue weighted by Crippen LogP contribution is 2.21. The average Bonchev–Trinajstić information content (AvgIpc) is 3.31. The molecule has 0 fully saturated rings. The molecule has 9 heteroatoms. The summed E-state index contributed by atoms with van der Waals surface area (Å²) in [6.07, 6.45) is 3.16. The second-order valence-corrected chi connectivity index (χ2v) is 8.00. The van der Waals surface area contributed by atoms with Gasteiger partial charge in [0.05, 0.1) is 18.3 Å². The minimum atomic E-state index is -0.453. The van der Waals surface area contributed by atoms with Crippen LogP contribution in [0.15, 0.2) is 90.2 Å². The van der Waals surface area contributed by atoms with Crippen LogP contribution in [0.1, 0.15) is 32.0 Å². The predicted octanol–water partition coefficient (Wildman–Crippen LogP) is 5.22. The fraction of sp³-hybridized carbons (Fsp3) is 0.0400. The Morgan fingerprint density at radius 1 is 1.00 bits per heavy atom. The van der Waals surface area contributed by atoms with Crippen molar-refractivity contribution in [3.05, 3.63) is 117 Å². The lowest BCUT2D eigenvalue weighted by molar-refractivity contribution is 0.0734. The maximum atomic E-state index is 12.3. The number of halogens is 2. The van der Waals surface area contributed by atoms with E-state index in [1.165, 1.54) is 6.21 Å². The lowest BCUT2D eigenvalue weighted by Gasteiger charge is -2.05. The van der Waals surface area contributed by atoms with Crippen molar-refractivity contribution < 1.29 is 14.3 Å². The molecule has 0 saturated carbocycles. The number of ether oxygens (including phenoxy) is 1. The van der Waals surface area contributed by atoms with E-state index in [0.29, 0.717) is 33.5 Å². The van der Waals surface area contributed by atoms with Crippen LogP contribution in [0, 0.1) is 0 Å². The first-order valence-corrected chi connectivity index (χ1v) is 10.9. The molecular formula is C25H18Cl2N4O3. The van der Waals surface area contributed by atoms with Crippen LogP contribution in [0.2, 0.25) is 10.0 Å². The highest BCUT2D eigenvalue weighted by molar-refractivity contribution is 6.35. The Morgan fingerprint density at radius 3 is 2.50 bits per heavy atom. The van der Waals surface area contributed by atoms with E-state index >= 15 is 0 Å². The van der Waals surface area contributed by atoms with Crippen molar-refractivity contribution in [2.75, 3.05) is 0 Å². The molecule has 7 nitrogen and oxygen atoms in total. The number of nitrogens with one attached hydrogen (secondary N) is 1. The standard InChI is InChI=1S/C25H18Cl2N4O3/c26-20-9-8-19(22(27)14-20)16-31-13-12-23(30-31)24(32)29-28-15-17-6-10-21(11-7-17)34-25(33)18-4-2-1-3-5-18/h1-15H,16H2,(H,29,32). The highest BCUT2D eigenvalue weighted by atomic mass is 35.5. The lowest BCUT2D eigenvalue weighted by Crippen LogP contribution is -2.18. The van der Waals surface area contributed by atoms with Gasteiger partial charge in [-0.3, -0.25) is 9.48 Å². The Bertz CT molecular complexity index is 1340. The predicted molar refractivity (Wildman–Crippen MR) is 131 cm³/mol. The van der Waals surface area contributed by atoms with Crippen molar-refractivity contribution in [2.24, 2.45) is 5.10 Å². The number of hydrogen-bond acceptors (Lipinski definition) is 5. The SMILES string of the molecule is O=C(Oc1ccc(C=NNC(=O)c2ccn(Cc3ccc(Cl)cc3Cl)n2)cc1)c1ccccc1. The largest absolute Gasteiger partial charge is 0.423 e. The van der Waals surface area contributed by atoms with Gasteiger partial charge in [0.2, 0.25) is 0 Å². The number of amides is 1. The van der Waals surface area contributed by atoms with Gasteiger partial charge in [-0.2, -0.15) is 10.2 Å². The molecule has 0 bridgehead atoms. The van der Waals surface area contributed by atoms with E-state index < -0.39 is 11.9 Å². The van der Waals surface area contributed by atoms with Crippen molar-refractivity contribution in [2.45, 2.75) is 6.54 Å². The van der Waals surface area contributed by atoms with Gasteiger partial charge in [-0.25, -0.2) is 10.2 Å². The smallest absolute Gasteiger partial charge is 0.343 e. The summed E-state index contributed by atoms with van der Waals surface area (Å²) in [4.78, 5) is 24.4. The molecule has 0 unspecified atom stereocenters. The number of carbonyl (C=O) groups is 2. The van der Waals surface area contributed by atoms with Gasteiger partial charge in [-0.1, -0.05) is 47.5 Å². The Morgan fingerprint density at radius 2 is 1.76 bits per heavy atom. The van der Waals surface area contributed by atoms with Crippen LogP contribution in [0.3, 0.4) is 0 Å². The zero-order chi connectivity index (χ0) is 23.9. The van der Waals surface area contributed by atoms with Crippen molar-refractivity contribution in [3.8, 4) is 5.75 Å². The molecule has 0 spiro atoms. The summed E-state index contributed by atoms with van der Waals surface area (Å²) in [5.41, 5.74) is 4.66. The lowest BCUT2D eigenvalue weighted by atomic mass is 10.2. The first-order chi connectivity index (χ1) is 16.5. The van der Waals surface area contributed by atoms with Crippen LogP contribution in [-0.4, -0.2) is 27.9 Å². The molecule has 1 aromatic heterocycles. The third kappa shape index (κ3) is 6.10. The minimum absolute atomic E-state index is 0.213. The maximum absolute atomic E-state index is 12.3. The number of nitrogens with zero attached hydrogens (tertiary/aromatic N) is 3. The van der Waals surface area contributed by atoms with Gasteiger partial charge in [0.1, 0.15) is 5.75 Å². The number of esters is 1. The zero-order valence-electron chi connectivity index (χ0n) is 17.7. The fourth-order valence-corrected chi connectivity index (χ4v) is 3.45. The molecule has 1 amide bonds. The molecule has 0 aliphatic carbocycles. The van der Waals surface area contributed by atoms with Crippen LogP contribution in [0.25, 0.3) is 0 Å². The molecular weight excluding hydrogens is 475 g/mol. The quantitative estimate of drug-likeness (QED) is 0.166. The fourth-order valence-electron chi connectivity index (χ4n) is 2.98. The number of rotatable bonds is 7. The molecule has 0 aliphatic heterocycles. The van der Waals surface area contributed by atoms with E-state index in [-0.39, 0.29) is 5.69 Å². The molecule has 1 heterocycles. The topological polar surface area (TPSA) is 85.6 Å². The van der Waals surface area contributed by atoms with Crippen LogP contribution in [0.4, 0.5) is 0 Å². The molecule has 34 heavy (non-hydrogen) atoms. The van der Waals surface area contributed by atoms with Gasteiger partial charge >= 0.3 is 5.97 Å². The first-order valence-electron chi connectivity index (χ1n) is 10.2. The van der Waals surface area contributed by atoms with Crippen LogP contribution in [0.5, 0.6) is 5.75 Å². The van der Waals surface area contributed by atoms with Gasteiger partial charge in [0.15, 0.2) is 5.69 Å². The van der Waals surface area contributed by atoms with E-state index in [2.05, 4.69) is 15.6 Å². The Labute approximate surface area is 205 Å². The van der Waals surface area contributed by atoms with Crippen molar-refractivity contribution in [3.63, 3.8) is 0 Å². The van der Waals surface area contributed by atoms with Crippen molar-refractivity contribution >= 4 is 41.3 Å². The Hall–Kier alpha value is -3.94.